The van der Waals surface area contributed by atoms with Crippen LogP contribution in [0.25, 0.3) is 0 Å². The second kappa shape index (κ2) is 44.0. The monoisotopic (exact) mass is 849 g/mol. The number of rotatable bonds is 47. The van der Waals surface area contributed by atoms with Crippen LogP contribution in [0.1, 0.15) is 251 Å². The number of carbonyl (C=O) groups is 2. The van der Waals surface area contributed by atoms with E-state index in [0.29, 0.717) is 12.8 Å². The van der Waals surface area contributed by atoms with E-state index in [-0.39, 0.29) is 19.4 Å². The van der Waals surface area contributed by atoms with Crippen molar-refractivity contribution in [2.24, 2.45) is 0 Å². The molecule has 3 N–H and O–H groups in total. The SMILES string of the molecule is CCCCCCCCCCCCCCCCCCCCCCCC(=O)OC[C@@H](COP(=O)(O)OC[C@H](O)CO)OC(=O)CCCCCCCCCCCCCCCC. The molecular formula is C47H93O10P. The molecule has 0 saturated carbocycles. The van der Waals surface area contributed by atoms with Crippen LogP contribution in [-0.4, -0.2) is 65.7 Å². The Labute approximate surface area is 356 Å². The van der Waals surface area contributed by atoms with Crippen molar-refractivity contribution in [1.29, 1.82) is 0 Å². The molecule has 0 heterocycles. The van der Waals surface area contributed by atoms with Gasteiger partial charge in [-0.3, -0.25) is 18.6 Å². The Morgan fingerprint density at radius 2 is 0.741 bits per heavy atom. The molecule has 0 aliphatic heterocycles. The quantitative estimate of drug-likeness (QED) is 0.0307. The summed E-state index contributed by atoms with van der Waals surface area (Å²) < 4.78 is 32.8. The van der Waals surface area contributed by atoms with E-state index in [1.807, 2.05) is 0 Å². The Morgan fingerprint density at radius 1 is 0.448 bits per heavy atom. The molecule has 346 valence electrons. The van der Waals surface area contributed by atoms with Gasteiger partial charge in [0.25, 0.3) is 0 Å². The van der Waals surface area contributed by atoms with E-state index in [1.54, 1.807) is 0 Å². The van der Waals surface area contributed by atoms with Crippen LogP contribution in [0.2, 0.25) is 0 Å². The molecule has 0 aliphatic rings. The fraction of sp³-hybridized carbons (Fsp3) is 0.957. The first-order valence-electron chi connectivity index (χ1n) is 24.5. The summed E-state index contributed by atoms with van der Waals surface area (Å²) in [5, 5.41) is 18.4. The lowest BCUT2D eigenvalue weighted by atomic mass is 10.0. The van der Waals surface area contributed by atoms with E-state index >= 15 is 0 Å². The van der Waals surface area contributed by atoms with Crippen LogP contribution in [-0.2, 0) is 32.7 Å². The number of aliphatic hydroxyl groups is 2. The van der Waals surface area contributed by atoms with E-state index in [1.165, 1.54) is 180 Å². The molecule has 11 heteroatoms. The molecule has 0 aliphatic carbocycles. The van der Waals surface area contributed by atoms with Crippen molar-refractivity contribution in [2.75, 3.05) is 26.4 Å². The summed E-state index contributed by atoms with van der Waals surface area (Å²) in [6.07, 6.45) is 42.1. The van der Waals surface area contributed by atoms with Gasteiger partial charge in [-0.05, 0) is 12.8 Å². The maximum Gasteiger partial charge on any atom is 0.472 e. The lowest BCUT2D eigenvalue weighted by molar-refractivity contribution is -0.161. The van der Waals surface area contributed by atoms with Crippen LogP contribution < -0.4 is 0 Å². The van der Waals surface area contributed by atoms with Gasteiger partial charge in [0.2, 0.25) is 0 Å². The van der Waals surface area contributed by atoms with Gasteiger partial charge in [0, 0.05) is 12.8 Å². The molecule has 0 aromatic rings. The predicted octanol–water partition coefficient (Wildman–Crippen LogP) is 13.4. The summed E-state index contributed by atoms with van der Waals surface area (Å²) in [6.45, 7) is 2.44. The number of phosphoric ester groups is 1. The predicted molar refractivity (Wildman–Crippen MR) is 238 cm³/mol. The van der Waals surface area contributed by atoms with E-state index < -0.39 is 51.8 Å². The number of phosphoric acid groups is 1. The Morgan fingerprint density at radius 3 is 1.07 bits per heavy atom. The van der Waals surface area contributed by atoms with Crippen molar-refractivity contribution in [1.82, 2.24) is 0 Å². The molecule has 58 heavy (non-hydrogen) atoms. The van der Waals surface area contributed by atoms with Crippen LogP contribution in [0.3, 0.4) is 0 Å². The summed E-state index contributed by atoms with van der Waals surface area (Å²) in [6, 6.07) is 0. The lowest BCUT2D eigenvalue weighted by Gasteiger charge is -2.20. The number of hydrogen-bond donors (Lipinski definition) is 3. The van der Waals surface area contributed by atoms with Crippen molar-refractivity contribution in [3.8, 4) is 0 Å². The van der Waals surface area contributed by atoms with E-state index in [4.69, 9.17) is 23.6 Å². The molecule has 0 radical (unpaired) electrons. The molecule has 0 fully saturated rings. The Bertz CT molecular complexity index is 935. The number of esters is 2. The minimum absolute atomic E-state index is 0.192. The molecular weight excluding hydrogens is 755 g/mol. The van der Waals surface area contributed by atoms with E-state index in [2.05, 4.69) is 13.8 Å². The number of ether oxygens (including phenoxy) is 2. The van der Waals surface area contributed by atoms with Crippen LogP contribution in [0, 0.1) is 0 Å². The average molecular weight is 849 g/mol. The molecule has 3 atom stereocenters. The van der Waals surface area contributed by atoms with Crippen molar-refractivity contribution in [2.45, 2.75) is 264 Å². The second-order valence-electron chi connectivity index (χ2n) is 16.9. The van der Waals surface area contributed by atoms with Gasteiger partial charge in [0.05, 0.1) is 19.8 Å². The van der Waals surface area contributed by atoms with Gasteiger partial charge in [-0.1, -0.05) is 226 Å². The zero-order valence-corrected chi connectivity index (χ0v) is 38.7. The summed E-state index contributed by atoms with van der Waals surface area (Å²) >= 11 is 0. The van der Waals surface area contributed by atoms with Crippen LogP contribution in [0.4, 0.5) is 0 Å². The summed E-state index contributed by atoms with van der Waals surface area (Å²) in [4.78, 5) is 35.1. The van der Waals surface area contributed by atoms with Gasteiger partial charge in [-0.2, -0.15) is 0 Å². The molecule has 0 aromatic carbocycles. The maximum atomic E-state index is 12.6. The largest absolute Gasteiger partial charge is 0.472 e. The number of unbranched alkanes of at least 4 members (excludes halogenated alkanes) is 33. The molecule has 0 aromatic heterocycles. The first-order valence-corrected chi connectivity index (χ1v) is 26.0. The van der Waals surface area contributed by atoms with Crippen LogP contribution >= 0.6 is 7.82 Å². The second-order valence-corrected chi connectivity index (χ2v) is 18.3. The highest BCUT2D eigenvalue weighted by atomic mass is 31.2. The first-order chi connectivity index (χ1) is 28.2. The third-order valence-electron chi connectivity index (χ3n) is 11.0. The molecule has 1 unspecified atom stereocenters. The third kappa shape index (κ3) is 43.1. The molecule has 0 saturated heterocycles. The van der Waals surface area contributed by atoms with Crippen molar-refractivity contribution < 1.29 is 47.8 Å². The maximum absolute atomic E-state index is 12.6. The number of carbonyl (C=O) groups excluding carboxylic acids is 2. The molecule has 0 amide bonds. The van der Waals surface area contributed by atoms with Crippen molar-refractivity contribution >= 4 is 19.8 Å². The number of aliphatic hydroxyl groups excluding tert-OH is 2. The summed E-state index contributed by atoms with van der Waals surface area (Å²) in [7, 11) is -4.61. The minimum atomic E-state index is -4.61. The highest BCUT2D eigenvalue weighted by Gasteiger charge is 2.27. The highest BCUT2D eigenvalue weighted by Crippen LogP contribution is 2.43. The fourth-order valence-corrected chi connectivity index (χ4v) is 8.02. The molecule has 0 bridgehead atoms. The van der Waals surface area contributed by atoms with Gasteiger partial charge >= 0.3 is 19.8 Å². The van der Waals surface area contributed by atoms with Crippen molar-refractivity contribution in [3.63, 3.8) is 0 Å². The van der Waals surface area contributed by atoms with Crippen molar-refractivity contribution in [3.05, 3.63) is 0 Å². The third-order valence-corrected chi connectivity index (χ3v) is 12.0. The van der Waals surface area contributed by atoms with Gasteiger partial charge < -0.3 is 24.6 Å². The standard InChI is InChI=1S/C47H93O10P/c1-3-5-7-9-11-13-15-17-19-20-21-22-23-24-25-27-28-30-32-34-36-38-46(50)54-42-45(43-56-58(52,53)55-41-44(49)40-48)57-47(51)39-37-35-33-31-29-26-18-16-14-12-10-8-6-4-2/h44-45,48-49H,3-43H2,1-2H3,(H,52,53)/t44-,45+/m1/s1. The average Bonchev–Trinajstić information content (AvgIpc) is 3.21. The lowest BCUT2D eigenvalue weighted by Crippen LogP contribution is -2.29. The zero-order valence-electron chi connectivity index (χ0n) is 37.8. The van der Waals surface area contributed by atoms with E-state index in [9.17, 15) is 24.2 Å². The number of hydrogen-bond acceptors (Lipinski definition) is 9. The van der Waals surface area contributed by atoms with E-state index in [0.717, 1.165) is 32.1 Å². The van der Waals surface area contributed by atoms with Crippen LogP contribution in [0.15, 0.2) is 0 Å². The summed E-state index contributed by atoms with van der Waals surface area (Å²) in [5.41, 5.74) is 0. The van der Waals surface area contributed by atoms with Gasteiger partial charge in [-0.25, -0.2) is 4.57 Å². The van der Waals surface area contributed by atoms with Crippen LogP contribution in [0.5, 0.6) is 0 Å². The zero-order chi connectivity index (χ0) is 42.6. The summed E-state index contributed by atoms with van der Waals surface area (Å²) in [5.74, 6) is -0.905. The van der Waals surface area contributed by atoms with Gasteiger partial charge in [0.15, 0.2) is 6.10 Å². The Balaban J connectivity index is 4.12. The highest BCUT2D eigenvalue weighted by molar-refractivity contribution is 7.47. The smallest absolute Gasteiger partial charge is 0.462 e. The van der Waals surface area contributed by atoms with Gasteiger partial charge in [0.1, 0.15) is 12.7 Å². The fourth-order valence-electron chi connectivity index (χ4n) is 7.23. The molecule has 0 spiro atoms. The normalized spacial score (nSPS) is 13.7. The Kier molecular flexibility index (Phi) is 43.3. The minimum Gasteiger partial charge on any atom is -0.462 e. The Hall–Kier alpha value is -1.03. The topological polar surface area (TPSA) is 149 Å². The first kappa shape index (κ1) is 57.0. The van der Waals surface area contributed by atoms with Gasteiger partial charge in [-0.15, -0.1) is 0 Å². The molecule has 10 nitrogen and oxygen atoms in total. The molecule has 0 rings (SSSR count).